The smallest absolute Gasteiger partial charge is 0.274 e. The van der Waals surface area contributed by atoms with E-state index in [1.165, 1.54) is 19.2 Å². The minimum Gasteiger partial charge on any atom is -0.494 e. The fraction of sp³-hybridized carbons (Fsp3) is 0.0769. The van der Waals surface area contributed by atoms with Crippen molar-refractivity contribution < 1.29 is 18.4 Å². The Kier molecular flexibility index (Phi) is 3.79. The van der Waals surface area contributed by atoms with Crippen molar-refractivity contribution in [3.8, 4) is 5.75 Å². The van der Waals surface area contributed by atoms with Crippen LogP contribution in [-0.2, 0) is 0 Å². The van der Waals surface area contributed by atoms with Crippen LogP contribution in [-0.4, -0.2) is 12.0 Å². The number of rotatable bonds is 4. The van der Waals surface area contributed by atoms with Crippen LogP contribution in [0.25, 0.3) is 0 Å². The van der Waals surface area contributed by atoms with Crippen LogP contribution in [0.1, 0.15) is 0 Å². The molecule has 0 heterocycles. The van der Waals surface area contributed by atoms with Gasteiger partial charge in [-0.3, -0.25) is 10.1 Å². The van der Waals surface area contributed by atoms with E-state index in [4.69, 9.17) is 4.74 Å². The molecule has 2 aromatic rings. The molecule has 0 saturated carbocycles. The first-order valence-corrected chi connectivity index (χ1v) is 5.55. The summed E-state index contributed by atoms with van der Waals surface area (Å²) in [5, 5.41) is 13.3. The molecule has 0 spiro atoms. The fourth-order valence-electron chi connectivity index (χ4n) is 1.66. The van der Waals surface area contributed by atoms with Crippen LogP contribution in [0.15, 0.2) is 36.4 Å². The van der Waals surface area contributed by atoms with Crippen LogP contribution in [0.4, 0.5) is 25.8 Å². The third kappa shape index (κ3) is 3.00. The number of methoxy groups -OCH3 is 1. The zero-order chi connectivity index (χ0) is 14.7. The molecular formula is C13H10F2N2O3. The normalized spacial score (nSPS) is 10.2. The lowest BCUT2D eigenvalue weighted by Gasteiger charge is -2.08. The predicted octanol–water partition coefficient (Wildman–Crippen LogP) is 3.63. The lowest BCUT2D eigenvalue weighted by Crippen LogP contribution is -1.96. The molecule has 0 aliphatic heterocycles. The van der Waals surface area contributed by atoms with E-state index in [-0.39, 0.29) is 17.1 Å². The first-order chi connectivity index (χ1) is 9.49. The van der Waals surface area contributed by atoms with Crippen LogP contribution in [0.5, 0.6) is 5.75 Å². The van der Waals surface area contributed by atoms with E-state index in [0.717, 1.165) is 24.3 Å². The topological polar surface area (TPSA) is 64.4 Å². The van der Waals surface area contributed by atoms with Crippen LogP contribution < -0.4 is 10.1 Å². The van der Waals surface area contributed by atoms with Crippen LogP contribution >= 0.6 is 0 Å². The minimum atomic E-state index is -0.754. The molecule has 0 aromatic heterocycles. The van der Waals surface area contributed by atoms with Gasteiger partial charge in [0.15, 0.2) is 11.6 Å². The zero-order valence-corrected chi connectivity index (χ0v) is 10.4. The zero-order valence-electron chi connectivity index (χ0n) is 10.4. The highest BCUT2D eigenvalue weighted by molar-refractivity contribution is 5.63. The van der Waals surface area contributed by atoms with Crippen molar-refractivity contribution in [3.05, 3.63) is 58.1 Å². The molecule has 0 saturated heterocycles. The van der Waals surface area contributed by atoms with Crippen LogP contribution in [0.2, 0.25) is 0 Å². The van der Waals surface area contributed by atoms with Crippen molar-refractivity contribution in [1.82, 2.24) is 0 Å². The summed E-state index contributed by atoms with van der Waals surface area (Å²) >= 11 is 0. The van der Waals surface area contributed by atoms with Crippen LogP contribution in [0.3, 0.4) is 0 Å². The lowest BCUT2D eigenvalue weighted by molar-refractivity contribution is -0.385. The van der Waals surface area contributed by atoms with E-state index >= 15 is 0 Å². The second kappa shape index (κ2) is 5.52. The van der Waals surface area contributed by atoms with Crippen molar-refractivity contribution in [2.24, 2.45) is 0 Å². The van der Waals surface area contributed by atoms with Gasteiger partial charge in [0.2, 0.25) is 0 Å². The molecule has 0 aliphatic carbocycles. The van der Waals surface area contributed by atoms with E-state index < -0.39 is 16.6 Å². The highest BCUT2D eigenvalue weighted by Crippen LogP contribution is 2.26. The van der Waals surface area contributed by atoms with E-state index in [9.17, 15) is 18.9 Å². The highest BCUT2D eigenvalue weighted by atomic mass is 19.1. The average molecular weight is 280 g/mol. The lowest BCUT2D eigenvalue weighted by atomic mass is 10.2. The van der Waals surface area contributed by atoms with Gasteiger partial charge < -0.3 is 10.1 Å². The third-order valence-electron chi connectivity index (χ3n) is 2.53. The molecule has 5 nitrogen and oxygen atoms in total. The Morgan fingerprint density at radius 2 is 1.90 bits per heavy atom. The maximum Gasteiger partial charge on any atom is 0.274 e. The minimum absolute atomic E-state index is 0.0702. The van der Waals surface area contributed by atoms with Crippen LogP contribution in [0, 0.1) is 21.7 Å². The number of non-ortho nitro benzene ring substituents is 1. The van der Waals surface area contributed by atoms with E-state index in [1.54, 1.807) is 0 Å². The van der Waals surface area contributed by atoms with Gasteiger partial charge in [0.05, 0.1) is 18.1 Å². The first kappa shape index (κ1) is 13.7. The molecule has 0 amide bonds. The van der Waals surface area contributed by atoms with Gasteiger partial charge in [-0.25, -0.2) is 8.78 Å². The summed E-state index contributed by atoms with van der Waals surface area (Å²) in [7, 11) is 1.33. The second-order valence-electron chi connectivity index (χ2n) is 3.93. The summed E-state index contributed by atoms with van der Waals surface area (Å²) < 4.78 is 31.5. The molecule has 7 heteroatoms. The Morgan fingerprint density at radius 1 is 1.15 bits per heavy atom. The number of nitro benzene ring substituents is 1. The number of hydrogen-bond acceptors (Lipinski definition) is 4. The molecule has 0 unspecified atom stereocenters. The van der Waals surface area contributed by atoms with Crippen molar-refractivity contribution in [1.29, 1.82) is 0 Å². The Balaban J connectivity index is 2.30. The van der Waals surface area contributed by atoms with Gasteiger partial charge in [0.1, 0.15) is 5.82 Å². The molecule has 0 aliphatic rings. The molecular weight excluding hydrogens is 270 g/mol. The Morgan fingerprint density at radius 3 is 2.50 bits per heavy atom. The number of nitro groups is 1. The number of nitrogens with one attached hydrogen (secondary N) is 1. The average Bonchev–Trinajstić information content (AvgIpc) is 2.38. The standard InChI is InChI=1S/C13H10F2N2O3/c1-20-13-3-2-9(7-12(13)15)16-10-4-8(14)5-11(6-10)17(18)19/h2-7,16H,1H3. The molecule has 104 valence electrons. The molecule has 0 radical (unpaired) electrons. The summed E-state index contributed by atoms with van der Waals surface area (Å²) in [5.41, 5.74) is 0.0888. The maximum atomic E-state index is 13.5. The van der Waals surface area contributed by atoms with Gasteiger partial charge in [0, 0.05) is 23.5 Å². The third-order valence-corrected chi connectivity index (χ3v) is 2.53. The van der Waals surface area contributed by atoms with Gasteiger partial charge in [0.25, 0.3) is 5.69 Å². The molecule has 2 rings (SSSR count). The van der Waals surface area contributed by atoms with Gasteiger partial charge in [-0.1, -0.05) is 0 Å². The molecule has 1 N–H and O–H groups in total. The molecule has 0 atom stereocenters. The van der Waals surface area contributed by atoms with Gasteiger partial charge in [-0.05, 0) is 18.2 Å². The number of hydrogen-bond donors (Lipinski definition) is 1. The van der Waals surface area contributed by atoms with E-state index in [1.807, 2.05) is 0 Å². The summed E-state index contributed by atoms with van der Waals surface area (Å²) in [5.74, 6) is -1.28. The fourth-order valence-corrected chi connectivity index (χ4v) is 1.66. The quantitative estimate of drug-likeness (QED) is 0.686. The number of benzene rings is 2. The largest absolute Gasteiger partial charge is 0.494 e. The summed E-state index contributed by atoms with van der Waals surface area (Å²) in [6, 6.07) is 7.10. The van der Waals surface area contributed by atoms with Gasteiger partial charge in [-0.2, -0.15) is 0 Å². The predicted molar refractivity (Wildman–Crippen MR) is 69.3 cm³/mol. The van der Waals surface area contributed by atoms with Gasteiger partial charge >= 0.3 is 0 Å². The van der Waals surface area contributed by atoms with Crippen molar-refractivity contribution in [3.63, 3.8) is 0 Å². The summed E-state index contributed by atoms with van der Waals surface area (Å²) in [6.07, 6.45) is 0. The number of halogens is 2. The van der Waals surface area contributed by atoms with Crippen molar-refractivity contribution in [2.45, 2.75) is 0 Å². The molecule has 0 fully saturated rings. The van der Waals surface area contributed by atoms with Crippen molar-refractivity contribution in [2.75, 3.05) is 12.4 Å². The Hall–Kier alpha value is -2.70. The molecule has 20 heavy (non-hydrogen) atoms. The monoisotopic (exact) mass is 280 g/mol. The Labute approximate surface area is 113 Å². The Bertz CT molecular complexity index is 662. The first-order valence-electron chi connectivity index (χ1n) is 5.55. The summed E-state index contributed by atoms with van der Waals surface area (Å²) in [6.45, 7) is 0. The SMILES string of the molecule is COc1ccc(Nc2cc(F)cc([N+](=O)[O-])c2)cc1F. The van der Waals surface area contributed by atoms with Crippen molar-refractivity contribution >= 4 is 17.1 Å². The molecule has 2 aromatic carbocycles. The number of ether oxygens (including phenoxy) is 1. The maximum absolute atomic E-state index is 13.5. The van der Waals surface area contributed by atoms with E-state index in [0.29, 0.717) is 5.69 Å². The van der Waals surface area contributed by atoms with E-state index in [2.05, 4.69) is 5.32 Å². The highest BCUT2D eigenvalue weighted by Gasteiger charge is 2.10. The number of nitrogens with zero attached hydrogens (tertiary/aromatic N) is 1. The van der Waals surface area contributed by atoms with Gasteiger partial charge in [-0.15, -0.1) is 0 Å². The number of anilines is 2. The molecule has 0 bridgehead atoms. The second-order valence-corrected chi connectivity index (χ2v) is 3.93. The summed E-state index contributed by atoms with van der Waals surface area (Å²) in [4.78, 5) is 9.92.